The molecule has 0 atom stereocenters. The van der Waals surface area contributed by atoms with E-state index in [2.05, 4.69) is 0 Å². The number of sulfone groups is 1. The smallest absolute Gasteiger partial charge is 0.399 e. The molecule has 2 heterocycles. The molecule has 3 aromatic carbocycles. The molecule has 46 heavy (non-hydrogen) atoms. The summed E-state index contributed by atoms with van der Waals surface area (Å²) < 4.78 is 95.5. The van der Waals surface area contributed by atoms with Crippen molar-refractivity contribution in [1.82, 2.24) is 14.0 Å². The van der Waals surface area contributed by atoms with Gasteiger partial charge in [0.25, 0.3) is 5.56 Å². The lowest BCUT2D eigenvalue weighted by atomic mass is 10.1. The van der Waals surface area contributed by atoms with E-state index in [9.17, 15) is 44.8 Å². The van der Waals surface area contributed by atoms with E-state index in [1.54, 1.807) is 0 Å². The van der Waals surface area contributed by atoms with Gasteiger partial charge in [-0.2, -0.15) is 13.2 Å². The van der Waals surface area contributed by atoms with Gasteiger partial charge in [0.1, 0.15) is 16.5 Å². The van der Waals surface area contributed by atoms with Gasteiger partial charge >= 0.3 is 17.8 Å². The second-order valence-electron chi connectivity index (χ2n) is 10.3. The Labute approximate surface area is 261 Å². The Morgan fingerprint density at radius 1 is 0.935 bits per heavy atom. The predicted molar refractivity (Wildman–Crippen MR) is 163 cm³/mol. The summed E-state index contributed by atoms with van der Waals surface area (Å²) in [6, 6.07) is 13.7. The van der Waals surface area contributed by atoms with E-state index >= 15 is 0 Å². The van der Waals surface area contributed by atoms with Crippen LogP contribution in [-0.2, 0) is 27.7 Å². The zero-order valence-electron chi connectivity index (χ0n) is 23.9. The van der Waals surface area contributed by atoms with Crippen molar-refractivity contribution in [2.45, 2.75) is 24.2 Å². The molecule has 0 unspecified atom stereocenters. The monoisotopic (exact) mass is 678 g/mol. The highest BCUT2D eigenvalue weighted by atomic mass is 32.2. The molecule has 5 rings (SSSR count). The van der Waals surface area contributed by atoms with Gasteiger partial charge in [-0.1, -0.05) is 18.2 Å². The molecule has 0 saturated carbocycles. The van der Waals surface area contributed by atoms with Crippen molar-refractivity contribution in [2.75, 3.05) is 19.0 Å². The van der Waals surface area contributed by atoms with Crippen LogP contribution in [0.25, 0.3) is 26.3 Å². The molecule has 5 aromatic rings. The first-order valence-corrected chi connectivity index (χ1v) is 15.9. The summed E-state index contributed by atoms with van der Waals surface area (Å²) in [4.78, 5) is 40.7. The number of fused-ring (bicyclic) bond motifs is 1. The number of nitrogens with zero attached hydrogens (tertiary/aromatic N) is 3. The van der Waals surface area contributed by atoms with Crippen molar-refractivity contribution in [2.24, 2.45) is 0 Å². The molecule has 0 saturated heterocycles. The summed E-state index contributed by atoms with van der Waals surface area (Å²) in [5.74, 6) is -4.20. The van der Waals surface area contributed by atoms with E-state index in [1.807, 2.05) is 0 Å². The van der Waals surface area contributed by atoms with E-state index in [0.29, 0.717) is 20.7 Å². The third-order valence-corrected chi connectivity index (χ3v) is 9.56. The minimum Gasteiger partial charge on any atom is -0.399 e. The summed E-state index contributed by atoms with van der Waals surface area (Å²) in [5.41, 5.74) is 3.72. The molecule has 0 radical (unpaired) electrons. The normalized spacial score (nSPS) is 12.1. The highest BCUT2D eigenvalue weighted by Crippen LogP contribution is 2.39. The minimum atomic E-state index is -5.24. The Morgan fingerprint density at radius 2 is 1.52 bits per heavy atom. The van der Waals surface area contributed by atoms with Crippen LogP contribution < -0.4 is 17.0 Å². The number of alkyl halides is 3. The molecule has 9 nitrogen and oxygen atoms in total. The quantitative estimate of drug-likeness (QED) is 0.197. The predicted octanol–water partition coefficient (Wildman–Crippen LogP) is 4.71. The van der Waals surface area contributed by atoms with E-state index in [-0.39, 0.29) is 31.2 Å². The summed E-state index contributed by atoms with van der Waals surface area (Å²) in [6.07, 6.45) is -4.29. The Hall–Kier alpha value is -4.83. The number of anilines is 1. The lowest BCUT2D eigenvalue weighted by Crippen LogP contribution is -2.40. The molecule has 16 heteroatoms. The minimum absolute atomic E-state index is 0.0702. The van der Waals surface area contributed by atoms with Crippen LogP contribution in [0.2, 0.25) is 0 Å². The first-order valence-electron chi connectivity index (χ1n) is 13.2. The SMILES string of the molecule is CN(Cc1c(-c2ccc(N)cc2)sc2c1c(=O)n(-c1ccc(S(C)(=O)=O)cc1)c(=O)n2Cc1c(F)cccc1F)C(=O)C(F)(F)F. The molecule has 0 bridgehead atoms. The maximum atomic E-state index is 14.8. The van der Waals surface area contributed by atoms with Gasteiger partial charge in [-0.3, -0.25) is 14.2 Å². The third kappa shape index (κ3) is 6.04. The van der Waals surface area contributed by atoms with Crippen LogP contribution in [0.4, 0.5) is 27.6 Å². The topological polar surface area (TPSA) is 124 Å². The van der Waals surface area contributed by atoms with Crippen molar-refractivity contribution in [3.05, 3.63) is 110 Å². The van der Waals surface area contributed by atoms with Crippen LogP contribution in [0.5, 0.6) is 0 Å². The largest absolute Gasteiger partial charge is 0.471 e. The standard InChI is InChI=1S/C30H23F5N4O5S2/c1-37(28(41)30(33,34)35)14-21-24-26(40)39(18-10-12-19(13-11-18)46(2,43)44)29(42)38(15-20-22(31)4-3-5-23(20)32)27(24)45-25(21)16-6-8-17(36)9-7-16/h3-13H,14-15,36H2,1-2H3. The van der Waals surface area contributed by atoms with Crippen LogP contribution in [0.1, 0.15) is 11.1 Å². The highest BCUT2D eigenvalue weighted by Gasteiger charge is 2.41. The maximum absolute atomic E-state index is 14.8. The van der Waals surface area contributed by atoms with Crippen molar-refractivity contribution in [3.63, 3.8) is 0 Å². The lowest BCUT2D eigenvalue weighted by Gasteiger charge is -2.19. The molecule has 0 aliphatic rings. The van der Waals surface area contributed by atoms with Crippen LogP contribution >= 0.6 is 11.3 Å². The van der Waals surface area contributed by atoms with Crippen LogP contribution in [0.3, 0.4) is 0 Å². The number of thiophene rings is 1. The average Bonchev–Trinajstić information content (AvgIpc) is 3.35. The number of hydrogen-bond donors (Lipinski definition) is 1. The number of hydrogen-bond acceptors (Lipinski definition) is 7. The van der Waals surface area contributed by atoms with Gasteiger partial charge in [-0.05, 0) is 54.1 Å². The zero-order valence-corrected chi connectivity index (χ0v) is 25.6. The van der Waals surface area contributed by atoms with E-state index < -0.39 is 63.5 Å². The highest BCUT2D eigenvalue weighted by molar-refractivity contribution is 7.90. The third-order valence-electron chi connectivity index (χ3n) is 7.13. The van der Waals surface area contributed by atoms with E-state index in [1.165, 1.54) is 36.4 Å². The fourth-order valence-electron chi connectivity index (χ4n) is 4.86. The molecule has 0 fully saturated rings. The number of benzene rings is 3. The molecule has 0 aliphatic carbocycles. The molecule has 1 amide bonds. The van der Waals surface area contributed by atoms with Gasteiger partial charge in [0.15, 0.2) is 9.84 Å². The average molecular weight is 679 g/mol. The summed E-state index contributed by atoms with van der Waals surface area (Å²) in [7, 11) is -2.79. The van der Waals surface area contributed by atoms with Gasteiger partial charge in [-0.25, -0.2) is 26.6 Å². The number of nitrogen functional groups attached to an aromatic ring is 1. The van der Waals surface area contributed by atoms with Gasteiger partial charge in [0.2, 0.25) is 0 Å². The maximum Gasteiger partial charge on any atom is 0.471 e. The Morgan fingerprint density at radius 3 is 2.07 bits per heavy atom. The van der Waals surface area contributed by atoms with Gasteiger partial charge in [0, 0.05) is 41.5 Å². The fourth-order valence-corrected chi connectivity index (χ4v) is 6.80. The number of carbonyl (C=O) groups excluding carboxylic acids is 1. The van der Waals surface area contributed by atoms with Crippen molar-refractivity contribution in [3.8, 4) is 16.1 Å². The number of nitrogens with two attached hydrogens (primary N) is 1. The number of rotatable bonds is 7. The van der Waals surface area contributed by atoms with Crippen molar-refractivity contribution in [1.29, 1.82) is 0 Å². The lowest BCUT2D eigenvalue weighted by molar-refractivity contribution is -0.184. The fraction of sp³-hybridized carbons (Fsp3) is 0.167. The number of aromatic nitrogens is 2. The number of carbonyl (C=O) groups is 1. The molecule has 2 N–H and O–H groups in total. The molecule has 0 spiro atoms. The first kappa shape index (κ1) is 32.6. The summed E-state index contributed by atoms with van der Waals surface area (Å²) >= 11 is 0.805. The molecule has 240 valence electrons. The number of amides is 1. The molecular formula is C30H23F5N4O5S2. The Kier molecular flexibility index (Phi) is 8.38. The summed E-state index contributed by atoms with van der Waals surface area (Å²) in [6.45, 7) is -1.47. The zero-order chi connectivity index (χ0) is 33.7. The van der Waals surface area contributed by atoms with Gasteiger partial charge in [-0.15, -0.1) is 11.3 Å². The molecule has 2 aromatic heterocycles. The van der Waals surface area contributed by atoms with Crippen molar-refractivity contribution >= 4 is 43.0 Å². The number of halogens is 5. The second kappa shape index (κ2) is 11.8. The van der Waals surface area contributed by atoms with Gasteiger partial charge in [0.05, 0.1) is 22.5 Å². The van der Waals surface area contributed by atoms with Crippen LogP contribution in [0, 0.1) is 11.6 Å². The van der Waals surface area contributed by atoms with Gasteiger partial charge < -0.3 is 10.6 Å². The van der Waals surface area contributed by atoms with Crippen molar-refractivity contribution < 1.29 is 35.2 Å². The van der Waals surface area contributed by atoms with Crippen LogP contribution in [0.15, 0.2) is 81.2 Å². The molecule has 0 aliphatic heterocycles. The van der Waals surface area contributed by atoms with E-state index in [4.69, 9.17) is 5.73 Å². The molecular weight excluding hydrogens is 655 g/mol. The Bertz CT molecular complexity index is 2200. The van der Waals surface area contributed by atoms with E-state index in [0.717, 1.165) is 59.5 Å². The van der Waals surface area contributed by atoms with Crippen LogP contribution in [-0.4, -0.2) is 47.8 Å². The Balaban J connectivity index is 1.89. The first-order chi connectivity index (χ1) is 21.5. The summed E-state index contributed by atoms with van der Waals surface area (Å²) in [5, 5.41) is -0.290. The second-order valence-corrected chi connectivity index (χ2v) is 13.4.